The Morgan fingerprint density at radius 1 is 0.964 bits per heavy atom. The molecule has 1 N–H and O–H groups in total. The van der Waals surface area contributed by atoms with Gasteiger partial charge in [-0.25, -0.2) is 9.97 Å². The van der Waals surface area contributed by atoms with Crippen molar-refractivity contribution in [1.29, 1.82) is 0 Å². The number of aliphatic hydroxyl groups excluding tert-OH is 1. The molecule has 3 aromatic rings. The van der Waals surface area contributed by atoms with Gasteiger partial charge in [-0.05, 0) is 23.8 Å². The Bertz CT molecular complexity index is 1080. The number of benzene rings is 2. The average molecular weight is 436 g/mol. The predicted molar refractivity (Wildman–Crippen MR) is 107 cm³/mol. The SMILES string of the molecule is O=C1C(=O)N(c2ncccn2)C(c2cccc(Br)c2)/C1=C(/O)c1ccccc1. The summed E-state index contributed by atoms with van der Waals surface area (Å²) in [5, 5.41) is 10.9. The van der Waals surface area contributed by atoms with Crippen LogP contribution in [-0.4, -0.2) is 26.8 Å². The van der Waals surface area contributed by atoms with Crippen LogP contribution in [0.4, 0.5) is 5.95 Å². The van der Waals surface area contributed by atoms with E-state index in [-0.39, 0.29) is 17.3 Å². The van der Waals surface area contributed by atoms with Crippen LogP contribution in [0.5, 0.6) is 0 Å². The van der Waals surface area contributed by atoms with Gasteiger partial charge in [0.15, 0.2) is 0 Å². The van der Waals surface area contributed by atoms with Crippen molar-refractivity contribution < 1.29 is 14.7 Å². The number of ketones is 1. The third-order valence-electron chi connectivity index (χ3n) is 4.42. The number of Topliss-reactive ketones (excluding diaryl/α,β-unsaturated/α-hetero) is 1. The summed E-state index contributed by atoms with van der Waals surface area (Å²) in [6.45, 7) is 0. The zero-order valence-electron chi connectivity index (χ0n) is 14.5. The fourth-order valence-electron chi connectivity index (χ4n) is 3.20. The molecular weight excluding hydrogens is 422 g/mol. The highest BCUT2D eigenvalue weighted by molar-refractivity contribution is 9.10. The van der Waals surface area contributed by atoms with Crippen LogP contribution in [0, 0.1) is 0 Å². The molecule has 1 aromatic heterocycles. The first kappa shape index (κ1) is 18.1. The molecule has 1 amide bonds. The third-order valence-corrected chi connectivity index (χ3v) is 4.92. The molecule has 0 bridgehead atoms. The Morgan fingerprint density at radius 2 is 1.68 bits per heavy atom. The van der Waals surface area contributed by atoms with E-state index in [2.05, 4.69) is 25.9 Å². The first-order valence-corrected chi connectivity index (χ1v) is 9.26. The Kier molecular flexibility index (Phi) is 4.75. The molecule has 7 heteroatoms. The summed E-state index contributed by atoms with van der Waals surface area (Å²) in [6.07, 6.45) is 2.99. The van der Waals surface area contributed by atoms with E-state index >= 15 is 0 Å². The lowest BCUT2D eigenvalue weighted by atomic mass is 9.95. The summed E-state index contributed by atoms with van der Waals surface area (Å²) >= 11 is 3.42. The minimum atomic E-state index is -0.847. The van der Waals surface area contributed by atoms with Crippen LogP contribution in [0.1, 0.15) is 17.2 Å². The number of hydrogen-bond donors (Lipinski definition) is 1. The lowest BCUT2D eigenvalue weighted by Crippen LogP contribution is -2.31. The van der Waals surface area contributed by atoms with Crippen molar-refractivity contribution in [2.24, 2.45) is 0 Å². The largest absolute Gasteiger partial charge is 0.507 e. The summed E-state index contributed by atoms with van der Waals surface area (Å²) in [7, 11) is 0. The van der Waals surface area contributed by atoms with E-state index in [1.165, 1.54) is 17.3 Å². The van der Waals surface area contributed by atoms with Crippen LogP contribution in [0.25, 0.3) is 5.76 Å². The number of rotatable bonds is 3. The number of nitrogens with zero attached hydrogens (tertiary/aromatic N) is 3. The minimum absolute atomic E-state index is 0.00162. The molecule has 0 radical (unpaired) electrons. The van der Waals surface area contributed by atoms with Gasteiger partial charge in [0.1, 0.15) is 5.76 Å². The molecule has 138 valence electrons. The Labute approximate surface area is 169 Å². The number of carbonyl (C=O) groups excluding carboxylic acids is 2. The van der Waals surface area contributed by atoms with Crippen molar-refractivity contribution in [3.8, 4) is 0 Å². The fourth-order valence-corrected chi connectivity index (χ4v) is 3.61. The van der Waals surface area contributed by atoms with Crippen molar-refractivity contribution in [3.63, 3.8) is 0 Å². The van der Waals surface area contributed by atoms with E-state index in [1.807, 2.05) is 6.07 Å². The Hall–Kier alpha value is -3.32. The maximum Gasteiger partial charge on any atom is 0.302 e. The predicted octanol–water partition coefficient (Wildman–Crippen LogP) is 3.87. The maximum absolute atomic E-state index is 12.9. The zero-order chi connectivity index (χ0) is 19.7. The van der Waals surface area contributed by atoms with E-state index in [1.54, 1.807) is 54.6 Å². The number of amides is 1. The summed E-state index contributed by atoms with van der Waals surface area (Å²) in [4.78, 5) is 35.2. The van der Waals surface area contributed by atoms with Crippen LogP contribution in [0.3, 0.4) is 0 Å². The molecule has 0 spiro atoms. The molecule has 1 atom stereocenters. The normalized spacial score (nSPS) is 18.5. The molecule has 6 nitrogen and oxygen atoms in total. The molecule has 1 aliphatic rings. The van der Waals surface area contributed by atoms with Gasteiger partial charge in [-0.3, -0.25) is 14.5 Å². The number of halogens is 1. The molecule has 2 aromatic carbocycles. The van der Waals surface area contributed by atoms with Crippen molar-refractivity contribution in [1.82, 2.24) is 9.97 Å². The average Bonchev–Trinajstić information content (AvgIpc) is 3.00. The van der Waals surface area contributed by atoms with Crippen LogP contribution in [0.15, 0.2) is 83.1 Å². The molecule has 0 saturated carbocycles. The Morgan fingerprint density at radius 3 is 2.36 bits per heavy atom. The van der Waals surface area contributed by atoms with Gasteiger partial charge in [0.05, 0.1) is 11.6 Å². The van der Waals surface area contributed by atoms with Crippen LogP contribution in [-0.2, 0) is 9.59 Å². The summed E-state index contributed by atoms with van der Waals surface area (Å²) < 4.78 is 0.782. The van der Waals surface area contributed by atoms with Crippen LogP contribution >= 0.6 is 15.9 Å². The second kappa shape index (κ2) is 7.36. The first-order chi connectivity index (χ1) is 13.6. The lowest BCUT2D eigenvalue weighted by Gasteiger charge is -2.23. The zero-order valence-corrected chi connectivity index (χ0v) is 16.1. The van der Waals surface area contributed by atoms with Crippen LogP contribution < -0.4 is 4.90 Å². The molecule has 1 fully saturated rings. The summed E-state index contributed by atoms with van der Waals surface area (Å²) in [5.41, 5.74) is 1.11. The van der Waals surface area contributed by atoms with E-state index in [0.29, 0.717) is 11.1 Å². The maximum atomic E-state index is 12.9. The molecule has 4 rings (SSSR count). The summed E-state index contributed by atoms with van der Waals surface area (Å²) in [5.74, 6) is -1.70. The number of aromatic nitrogens is 2. The van der Waals surface area contributed by atoms with E-state index in [9.17, 15) is 14.7 Å². The lowest BCUT2D eigenvalue weighted by molar-refractivity contribution is -0.132. The van der Waals surface area contributed by atoms with Gasteiger partial charge >= 0.3 is 5.91 Å². The van der Waals surface area contributed by atoms with E-state index < -0.39 is 17.7 Å². The van der Waals surface area contributed by atoms with Gasteiger partial charge < -0.3 is 5.11 Å². The van der Waals surface area contributed by atoms with Gasteiger partial charge in [0.25, 0.3) is 5.78 Å². The molecular formula is C21H14BrN3O3. The monoisotopic (exact) mass is 435 g/mol. The molecule has 1 saturated heterocycles. The number of aliphatic hydroxyl groups is 1. The quantitative estimate of drug-likeness (QED) is 0.383. The first-order valence-electron chi connectivity index (χ1n) is 8.47. The third kappa shape index (κ3) is 3.10. The van der Waals surface area contributed by atoms with Gasteiger partial charge in [0.2, 0.25) is 5.95 Å². The molecule has 28 heavy (non-hydrogen) atoms. The van der Waals surface area contributed by atoms with Crippen molar-refractivity contribution in [3.05, 3.63) is 94.2 Å². The molecule has 0 aliphatic carbocycles. The van der Waals surface area contributed by atoms with E-state index in [0.717, 1.165) is 4.47 Å². The number of hydrogen-bond acceptors (Lipinski definition) is 5. The van der Waals surface area contributed by atoms with Crippen molar-refractivity contribution in [2.75, 3.05) is 4.90 Å². The topological polar surface area (TPSA) is 83.4 Å². The fraction of sp³-hybridized carbons (Fsp3) is 0.0476. The summed E-state index contributed by atoms with van der Waals surface area (Å²) in [6, 6.07) is 16.7. The van der Waals surface area contributed by atoms with E-state index in [4.69, 9.17) is 0 Å². The molecule has 1 aliphatic heterocycles. The van der Waals surface area contributed by atoms with Gasteiger partial charge in [-0.1, -0.05) is 58.4 Å². The van der Waals surface area contributed by atoms with Gasteiger partial charge in [-0.2, -0.15) is 0 Å². The van der Waals surface area contributed by atoms with Crippen molar-refractivity contribution >= 4 is 39.3 Å². The van der Waals surface area contributed by atoms with Crippen LogP contribution in [0.2, 0.25) is 0 Å². The van der Waals surface area contributed by atoms with Crippen molar-refractivity contribution in [2.45, 2.75) is 6.04 Å². The second-order valence-corrected chi connectivity index (χ2v) is 7.05. The highest BCUT2D eigenvalue weighted by Crippen LogP contribution is 2.41. The van der Waals surface area contributed by atoms with Gasteiger partial charge in [-0.15, -0.1) is 0 Å². The van der Waals surface area contributed by atoms with Gasteiger partial charge in [0, 0.05) is 22.4 Å². The standard InChI is InChI=1S/C21H14BrN3O3/c22-15-9-4-8-14(12-15)17-16(18(26)13-6-2-1-3-7-13)19(27)20(28)25(17)21-23-10-5-11-24-21/h1-12,17,26H/b18-16-. The number of carbonyl (C=O) groups is 2. The molecule has 2 heterocycles. The minimum Gasteiger partial charge on any atom is -0.507 e. The number of anilines is 1. The highest BCUT2D eigenvalue weighted by Gasteiger charge is 2.48. The Balaban J connectivity index is 1.96. The second-order valence-electron chi connectivity index (χ2n) is 6.14. The smallest absolute Gasteiger partial charge is 0.302 e. The molecule has 1 unspecified atom stereocenters. The highest BCUT2D eigenvalue weighted by atomic mass is 79.9.